The normalized spacial score (nSPS) is 19.5. The van der Waals surface area contributed by atoms with Crippen molar-refractivity contribution in [3.05, 3.63) is 23.8 Å². The number of pyridine rings is 1. The Hall–Kier alpha value is -2.15. The minimum atomic E-state index is -0.874. The number of aromatic amines is 1. The molecule has 3 rings (SSSR count). The Kier molecular flexibility index (Phi) is 3.06. The lowest BCUT2D eigenvalue weighted by Gasteiger charge is -2.33. The summed E-state index contributed by atoms with van der Waals surface area (Å²) in [6.07, 6.45) is 3.47. The number of H-pyrrole nitrogens is 1. The number of rotatable bonds is 2. The first-order valence-electron chi connectivity index (χ1n) is 6.55. The number of hydrogen-bond acceptors (Lipinski definition) is 4. The van der Waals surface area contributed by atoms with Crippen molar-refractivity contribution in [2.45, 2.75) is 18.9 Å². The van der Waals surface area contributed by atoms with Crippen molar-refractivity contribution >= 4 is 22.6 Å². The van der Waals surface area contributed by atoms with E-state index in [0.717, 1.165) is 12.8 Å². The SMILES string of the molecule is NC(=O)c1nc2[nH]ccc2c(N2CCC[C@@H](N)C2)c1F. The van der Waals surface area contributed by atoms with Crippen LogP contribution in [-0.4, -0.2) is 35.0 Å². The zero-order valence-electron chi connectivity index (χ0n) is 10.9. The zero-order chi connectivity index (χ0) is 14.3. The number of nitrogens with zero attached hydrogens (tertiary/aromatic N) is 2. The third-order valence-electron chi connectivity index (χ3n) is 3.63. The number of carbonyl (C=O) groups is 1. The molecule has 20 heavy (non-hydrogen) atoms. The fraction of sp³-hybridized carbons (Fsp3) is 0.385. The van der Waals surface area contributed by atoms with Gasteiger partial charge < -0.3 is 21.4 Å². The van der Waals surface area contributed by atoms with Crippen LogP contribution in [0.3, 0.4) is 0 Å². The average Bonchev–Trinajstić information content (AvgIpc) is 2.85. The molecule has 5 N–H and O–H groups in total. The number of aromatic nitrogens is 2. The highest BCUT2D eigenvalue weighted by atomic mass is 19.1. The molecule has 6 nitrogen and oxygen atoms in total. The first kappa shape index (κ1) is 12.9. The van der Waals surface area contributed by atoms with Gasteiger partial charge in [0.05, 0.1) is 5.69 Å². The highest BCUT2D eigenvalue weighted by Crippen LogP contribution is 2.31. The summed E-state index contributed by atoms with van der Waals surface area (Å²) >= 11 is 0. The van der Waals surface area contributed by atoms with E-state index in [1.54, 1.807) is 12.3 Å². The maximum absolute atomic E-state index is 14.6. The highest BCUT2D eigenvalue weighted by molar-refractivity contribution is 5.99. The zero-order valence-corrected chi connectivity index (χ0v) is 10.9. The fourth-order valence-corrected chi connectivity index (χ4v) is 2.72. The summed E-state index contributed by atoms with van der Waals surface area (Å²) in [5.41, 5.74) is 11.6. The lowest BCUT2D eigenvalue weighted by atomic mass is 10.0. The van der Waals surface area contributed by atoms with Crippen LogP contribution < -0.4 is 16.4 Å². The van der Waals surface area contributed by atoms with Gasteiger partial charge in [-0.3, -0.25) is 4.79 Å². The number of piperidine rings is 1. The molecule has 2 aromatic heterocycles. The van der Waals surface area contributed by atoms with Crippen molar-refractivity contribution in [1.82, 2.24) is 9.97 Å². The number of halogens is 1. The van der Waals surface area contributed by atoms with E-state index in [-0.39, 0.29) is 11.7 Å². The van der Waals surface area contributed by atoms with Gasteiger partial charge in [-0.25, -0.2) is 9.37 Å². The van der Waals surface area contributed by atoms with Crippen LogP contribution in [0.5, 0.6) is 0 Å². The van der Waals surface area contributed by atoms with Gasteiger partial charge in [0, 0.05) is 30.7 Å². The molecule has 0 aromatic carbocycles. The number of nitrogens with two attached hydrogens (primary N) is 2. The van der Waals surface area contributed by atoms with Gasteiger partial charge in [0.15, 0.2) is 11.5 Å². The summed E-state index contributed by atoms with van der Waals surface area (Å²) in [6, 6.07) is 1.74. The Morgan fingerprint density at radius 2 is 2.35 bits per heavy atom. The molecule has 0 spiro atoms. The second-order valence-corrected chi connectivity index (χ2v) is 5.08. The van der Waals surface area contributed by atoms with Gasteiger partial charge >= 0.3 is 0 Å². The second kappa shape index (κ2) is 4.75. The summed E-state index contributed by atoms with van der Waals surface area (Å²) in [5, 5.41) is 0.640. The topological polar surface area (TPSA) is 101 Å². The number of anilines is 1. The Labute approximate surface area is 114 Å². The van der Waals surface area contributed by atoms with E-state index in [4.69, 9.17) is 11.5 Å². The second-order valence-electron chi connectivity index (χ2n) is 5.08. The van der Waals surface area contributed by atoms with Gasteiger partial charge in [0.1, 0.15) is 5.65 Å². The van der Waals surface area contributed by atoms with Gasteiger partial charge in [-0.05, 0) is 18.9 Å². The van der Waals surface area contributed by atoms with Crippen LogP contribution in [0.4, 0.5) is 10.1 Å². The quantitative estimate of drug-likeness (QED) is 0.753. The molecule has 1 amide bonds. The largest absolute Gasteiger partial charge is 0.367 e. The van der Waals surface area contributed by atoms with Crippen molar-refractivity contribution in [2.75, 3.05) is 18.0 Å². The molecular formula is C13H16FN5O. The molecule has 2 aromatic rings. The lowest BCUT2D eigenvalue weighted by Crippen LogP contribution is -2.43. The Balaban J connectivity index is 2.19. The number of fused-ring (bicyclic) bond motifs is 1. The Morgan fingerprint density at radius 3 is 3.05 bits per heavy atom. The molecule has 0 bridgehead atoms. The van der Waals surface area contributed by atoms with Crippen molar-refractivity contribution in [3.63, 3.8) is 0 Å². The lowest BCUT2D eigenvalue weighted by molar-refractivity contribution is 0.0991. The summed E-state index contributed by atoms with van der Waals surface area (Å²) in [7, 11) is 0. The van der Waals surface area contributed by atoms with Crippen LogP contribution >= 0.6 is 0 Å². The monoisotopic (exact) mass is 277 g/mol. The van der Waals surface area contributed by atoms with Crippen LogP contribution in [-0.2, 0) is 0 Å². The van der Waals surface area contributed by atoms with Gasteiger partial charge in [-0.15, -0.1) is 0 Å². The first-order chi connectivity index (χ1) is 9.58. The maximum atomic E-state index is 14.6. The minimum Gasteiger partial charge on any atom is -0.367 e. The van der Waals surface area contributed by atoms with E-state index in [0.29, 0.717) is 29.8 Å². The van der Waals surface area contributed by atoms with E-state index < -0.39 is 11.7 Å². The molecule has 0 unspecified atom stereocenters. The van der Waals surface area contributed by atoms with Crippen LogP contribution in [0.2, 0.25) is 0 Å². The molecule has 0 saturated carbocycles. The molecular weight excluding hydrogens is 261 g/mol. The molecule has 1 saturated heterocycles. The molecule has 106 valence electrons. The van der Waals surface area contributed by atoms with Crippen molar-refractivity contribution in [1.29, 1.82) is 0 Å². The van der Waals surface area contributed by atoms with Gasteiger partial charge in [-0.1, -0.05) is 0 Å². The number of hydrogen-bond donors (Lipinski definition) is 3. The number of primary amides is 1. The molecule has 1 atom stereocenters. The number of carbonyl (C=O) groups excluding carboxylic acids is 1. The average molecular weight is 277 g/mol. The highest BCUT2D eigenvalue weighted by Gasteiger charge is 2.26. The van der Waals surface area contributed by atoms with Crippen LogP contribution in [0.1, 0.15) is 23.3 Å². The Morgan fingerprint density at radius 1 is 1.55 bits per heavy atom. The van der Waals surface area contributed by atoms with Crippen LogP contribution in [0, 0.1) is 5.82 Å². The smallest absolute Gasteiger partial charge is 0.270 e. The first-order valence-corrected chi connectivity index (χ1v) is 6.55. The van der Waals surface area contributed by atoms with E-state index in [1.165, 1.54) is 0 Å². The van der Waals surface area contributed by atoms with Gasteiger partial charge in [0.2, 0.25) is 0 Å². The van der Waals surface area contributed by atoms with Gasteiger partial charge in [0.25, 0.3) is 5.91 Å². The van der Waals surface area contributed by atoms with E-state index in [1.807, 2.05) is 4.90 Å². The van der Waals surface area contributed by atoms with Crippen molar-refractivity contribution < 1.29 is 9.18 Å². The van der Waals surface area contributed by atoms with E-state index in [9.17, 15) is 9.18 Å². The van der Waals surface area contributed by atoms with E-state index in [2.05, 4.69) is 9.97 Å². The van der Waals surface area contributed by atoms with Crippen molar-refractivity contribution in [3.8, 4) is 0 Å². The van der Waals surface area contributed by atoms with Gasteiger partial charge in [-0.2, -0.15) is 0 Å². The number of amides is 1. The third-order valence-corrected chi connectivity index (χ3v) is 3.63. The maximum Gasteiger partial charge on any atom is 0.270 e. The molecule has 3 heterocycles. The van der Waals surface area contributed by atoms with E-state index >= 15 is 0 Å². The summed E-state index contributed by atoms with van der Waals surface area (Å²) in [4.78, 5) is 20.1. The number of nitrogens with one attached hydrogen (secondary N) is 1. The molecule has 0 radical (unpaired) electrons. The minimum absolute atomic E-state index is 0.00216. The third kappa shape index (κ3) is 2.00. The summed E-state index contributed by atoms with van der Waals surface area (Å²) in [5.74, 6) is -1.54. The van der Waals surface area contributed by atoms with Crippen LogP contribution in [0.25, 0.3) is 11.0 Å². The summed E-state index contributed by atoms with van der Waals surface area (Å²) < 4.78 is 14.6. The molecule has 1 aliphatic heterocycles. The van der Waals surface area contributed by atoms with Crippen LogP contribution in [0.15, 0.2) is 12.3 Å². The standard InChI is InChI=1S/C13H16FN5O/c14-9-10(12(16)20)18-13-8(3-4-17-13)11(9)19-5-1-2-7(15)6-19/h3-4,7H,1-2,5-6,15H2,(H2,16,20)(H,17,18)/t7-/m1/s1. The summed E-state index contributed by atoms with van der Waals surface area (Å²) in [6.45, 7) is 1.26. The molecule has 1 aliphatic rings. The predicted molar refractivity (Wildman–Crippen MR) is 74.0 cm³/mol. The Bertz CT molecular complexity index is 668. The van der Waals surface area contributed by atoms with Crippen molar-refractivity contribution in [2.24, 2.45) is 11.5 Å². The molecule has 0 aliphatic carbocycles. The fourth-order valence-electron chi connectivity index (χ4n) is 2.72. The molecule has 1 fully saturated rings. The predicted octanol–water partition coefficient (Wildman–Crippen LogP) is 0.728. The molecule has 7 heteroatoms.